The van der Waals surface area contributed by atoms with Crippen molar-refractivity contribution >= 4 is 31.0 Å². The Hall–Kier alpha value is -1.68. The first-order valence-electron chi connectivity index (χ1n) is 6.80. The van der Waals surface area contributed by atoms with E-state index in [4.69, 9.17) is 4.18 Å². The lowest BCUT2D eigenvalue weighted by atomic mass is 10.1. The molecule has 0 bridgehead atoms. The minimum Gasteiger partial charge on any atom is -0.506 e. The van der Waals surface area contributed by atoms with Crippen LogP contribution in [0.15, 0.2) is 40.1 Å². The molecule has 0 atom stereocenters. The zero-order valence-corrected chi connectivity index (χ0v) is 13.9. The predicted molar refractivity (Wildman–Crippen MR) is 83.5 cm³/mol. The summed E-state index contributed by atoms with van der Waals surface area (Å²) in [6, 6.07) is 6.41. The van der Waals surface area contributed by atoms with Crippen LogP contribution in [-0.2, 0) is 24.4 Å². The number of unbranched alkanes of at least 4 members (excludes halogenated alkanes) is 1. The Morgan fingerprint density at radius 3 is 2.22 bits per heavy atom. The number of rotatable bonds is 6. The molecule has 0 spiro atoms. The highest BCUT2D eigenvalue weighted by Gasteiger charge is 2.26. The average Bonchev–Trinajstić information content (AvgIpc) is 2.46. The smallest absolute Gasteiger partial charge is 0.300 e. The fourth-order valence-corrected chi connectivity index (χ4v) is 3.95. The molecule has 0 aliphatic rings. The second kappa shape index (κ2) is 6.44. The van der Waals surface area contributed by atoms with Crippen molar-refractivity contribution in [2.24, 2.45) is 0 Å². The van der Waals surface area contributed by atoms with Gasteiger partial charge < -0.3 is 5.11 Å². The maximum absolute atomic E-state index is 12.2. The summed E-state index contributed by atoms with van der Waals surface area (Å²) in [5.74, 6) is -0.621. The predicted octanol–water partition coefficient (Wildman–Crippen LogP) is 2.30. The van der Waals surface area contributed by atoms with Crippen LogP contribution in [0.3, 0.4) is 0 Å². The van der Waals surface area contributed by atoms with Gasteiger partial charge in [0, 0.05) is 10.8 Å². The number of benzene rings is 2. The Labute approximate surface area is 134 Å². The van der Waals surface area contributed by atoms with Gasteiger partial charge in [0.2, 0.25) is 0 Å². The molecule has 126 valence electrons. The molecule has 2 aromatic rings. The Bertz CT molecular complexity index is 931. The van der Waals surface area contributed by atoms with Gasteiger partial charge in [-0.1, -0.05) is 37.6 Å². The third-order valence-electron chi connectivity index (χ3n) is 3.23. The van der Waals surface area contributed by atoms with Crippen LogP contribution in [0, 0.1) is 0 Å². The van der Waals surface area contributed by atoms with Crippen molar-refractivity contribution in [1.82, 2.24) is 0 Å². The van der Waals surface area contributed by atoms with E-state index in [1.54, 1.807) is 0 Å². The topological polar surface area (TPSA) is 118 Å². The number of hydrogen-bond acceptors (Lipinski definition) is 6. The van der Waals surface area contributed by atoms with Crippen LogP contribution in [0.4, 0.5) is 0 Å². The minimum atomic E-state index is -4.69. The molecule has 2 aromatic carbocycles. The molecule has 23 heavy (non-hydrogen) atoms. The zero-order chi connectivity index (χ0) is 17.3. The zero-order valence-electron chi connectivity index (χ0n) is 12.3. The van der Waals surface area contributed by atoms with Crippen molar-refractivity contribution in [2.45, 2.75) is 29.6 Å². The van der Waals surface area contributed by atoms with E-state index >= 15 is 0 Å². The van der Waals surface area contributed by atoms with Crippen LogP contribution in [-0.4, -0.2) is 33.1 Å². The van der Waals surface area contributed by atoms with Crippen molar-refractivity contribution in [2.75, 3.05) is 6.61 Å². The summed E-state index contributed by atoms with van der Waals surface area (Å²) in [5, 5.41) is 10.2. The molecule has 0 heterocycles. The van der Waals surface area contributed by atoms with Crippen LogP contribution in [0.25, 0.3) is 10.8 Å². The highest BCUT2D eigenvalue weighted by molar-refractivity contribution is 7.87. The summed E-state index contributed by atoms with van der Waals surface area (Å²) in [4.78, 5) is -1.30. The van der Waals surface area contributed by atoms with Crippen molar-refractivity contribution in [3.8, 4) is 5.75 Å². The van der Waals surface area contributed by atoms with E-state index in [0.29, 0.717) is 18.9 Å². The van der Waals surface area contributed by atoms with Crippen molar-refractivity contribution < 1.29 is 30.7 Å². The molecule has 0 fully saturated rings. The Kier molecular flexibility index (Phi) is 4.95. The minimum absolute atomic E-state index is 0.0136. The molecule has 0 aliphatic carbocycles. The van der Waals surface area contributed by atoms with E-state index < -0.39 is 35.8 Å². The maximum atomic E-state index is 12.2. The maximum Gasteiger partial charge on any atom is 0.300 e. The van der Waals surface area contributed by atoms with Gasteiger partial charge in [0.15, 0.2) is 0 Å². The van der Waals surface area contributed by atoms with Gasteiger partial charge in [0.25, 0.3) is 10.1 Å². The molecule has 9 heteroatoms. The van der Waals surface area contributed by atoms with E-state index in [1.165, 1.54) is 24.3 Å². The molecule has 2 N–H and O–H groups in total. The number of hydrogen-bond donors (Lipinski definition) is 2. The van der Waals surface area contributed by atoms with Crippen LogP contribution >= 0.6 is 0 Å². The normalized spacial score (nSPS) is 12.6. The number of phenols is 1. The first kappa shape index (κ1) is 17.7. The van der Waals surface area contributed by atoms with E-state index in [0.717, 1.165) is 0 Å². The lowest BCUT2D eigenvalue weighted by molar-refractivity contribution is 0.308. The number of phenolic OH excluding ortho intramolecular Hbond substituents is 1. The third kappa shape index (κ3) is 3.63. The van der Waals surface area contributed by atoms with Gasteiger partial charge in [-0.25, -0.2) is 0 Å². The lowest BCUT2D eigenvalue weighted by Gasteiger charge is -2.12. The molecule has 0 aliphatic heterocycles. The molecule has 0 saturated carbocycles. The quantitative estimate of drug-likeness (QED) is 0.461. The highest BCUT2D eigenvalue weighted by atomic mass is 32.2. The second-order valence-corrected chi connectivity index (χ2v) is 7.85. The molecule has 0 unspecified atom stereocenters. The van der Waals surface area contributed by atoms with Crippen molar-refractivity contribution in [3.05, 3.63) is 30.3 Å². The molecule has 7 nitrogen and oxygen atoms in total. The molecular weight excluding hydrogens is 344 g/mol. The van der Waals surface area contributed by atoms with Gasteiger partial charge in [0.05, 0.1) is 6.61 Å². The molecular formula is C14H16O7S2. The van der Waals surface area contributed by atoms with Crippen LogP contribution < -0.4 is 0 Å². The SMILES string of the molecule is CCCCOS(=O)(=O)c1cc(S(=O)(=O)O)c2ccccc2c1O. The van der Waals surface area contributed by atoms with E-state index in [2.05, 4.69) is 0 Å². The third-order valence-corrected chi connectivity index (χ3v) is 5.45. The Morgan fingerprint density at radius 2 is 1.65 bits per heavy atom. The monoisotopic (exact) mass is 360 g/mol. The van der Waals surface area contributed by atoms with Gasteiger partial charge in [-0.15, -0.1) is 0 Å². The first-order valence-corrected chi connectivity index (χ1v) is 9.65. The molecule has 0 radical (unpaired) electrons. The van der Waals surface area contributed by atoms with Crippen LogP contribution in [0.2, 0.25) is 0 Å². The lowest BCUT2D eigenvalue weighted by Crippen LogP contribution is -2.10. The Balaban J connectivity index is 2.73. The fraction of sp³-hybridized carbons (Fsp3) is 0.286. The standard InChI is InChI=1S/C14H16O7S2/c1-2-3-8-21-23(19,20)13-9-12(22(16,17)18)10-6-4-5-7-11(10)14(13)15/h4-7,9,15H,2-3,8H2,1H3,(H,16,17,18). The van der Waals surface area contributed by atoms with Gasteiger partial charge in [-0.05, 0) is 12.5 Å². The average molecular weight is 360 g/mol. The first-order chi connectivity index (χ1) is 10.7. The second-order valence-electron chi connectivity index (χ2n) is 4.87. The molecule has 0 saturated heterocycles. The van der Waals surface area contributed by atoms with Crippen molar-refractivity contribution in [3.63, 3.8) is 0 Å². The van der Waals surface area contributed by atoms with E-state index in [1.807, 2.05) is 6.92 Å². The Morgan fingerprint density at radius 1 is 1.04 bits per heavy atom. The van der Waals surface area contributed by atoms with Crippen LogP contribution in [0.5, 0.6) is 5.75 Å². The highest BCUT2D eigenvalue weighted by Crippen LogP contribution is 2.37. The molecule has 2 rings (SSSR count). The fourth-order valence-electron chi connectivity index (χ4n) is 2.08. The van der Waals surface area contributed by atoms with Gasteiger partial charge in [0.1, 0.15) is 15.5 Å². The summed E-state index contributed by atoms with van der Waals surface area (Å²) in [6.07, 6.45) is 1.19. The van der Waals surface area contributed by atoms with E-state index in [9.17, 15) is 26.5 Å². The summed E-state index contributed by atoms with van der Waals surface area (Å²) in [6.45, 7) is 1.76. The summed E-state index contributed by atoms with van der Waals surface area (Å²) >= 11 is 0. The van der Waals surface area contributed by atoms with E-state index in [-0.39, 0.29) is 17.4 Å². The van der Waals surface area contributed by atoms with Crippen molar-refractivity contribution in [1.29, 1.82) is 0 Å². The largest absolute Gasteiger partial charge is 0.506 e. The number of aromatic hydroxyl groups is 1. The van der Waals surface area contributed by atoms with Gasteiger partial charge in [-0.2, -0.15) is 16.8 Å². The van der Waals surface area contributed by atoms with Gasteiger partial charge in [-0.3, -0.25) is 8.74 Å². The summed E-state index contributed by atoms with van der Waals surface area (Å²) < 4.78 is 61.6. The molecule has 0 amide bonds. The summed E-state index contributed by atoms with van der Waals surface area (Å²) in [5.41, 5.74) is 0. The van der Waals surface area contributed by atoms with Crippen LogP contribution in [0.1, 0.15) is 19.8 Å². The van der Waals surface area contributed by atoms with Gasteiger partial charge >= 0.3 is 10.1 Å². The number of fused-ring (bicyclic) bond motifs is 1. The molecule has 0 aromatic heterocycles. The summed E-state index contributed by atoms with van der Waals surface area (Å²) in [7, 11) is -9.05.